The standard InChI is InChI=1S/C25H27FN4O12/c26-16-5-4-12(10-30-22(34,35)24(38,39)42-25(40,41)23(30,36)37)8-13(16)9-27-17-3-1-2-14-15(17)11-29(21(14)33)18-6-7-19(31)28-20(18)32/h1-5,8,18,27,34-41H,6-7,9-11H2,(H,28,31,32). The third-order valence-electron chi connectivity index (χ3n) is 7.41. The molecule has 3 aliphatic rings. The highest BCUT2D eigenvalue weighted by Crippen LogP contribution is 2.42. The molecular formula is C25H27FN4O12. The molecule has 3 heterocycles. The van der Waals surface area contributed by atoms with Gasteiger partial charge in [-0.15, -0.1) is 0 Å². The summed E-state index contributed by atoms with van der Waals surface area (Å²) in [5, 5.41) is 85.0. The second kappa shape index (κ2) is 9.99. The van der Waals surface area contributed by atoms with Crippen LogP contribution in [0.4, 0.5) is 10.1 Å². The largest absolute Gasteiger partial charge is 0.381 e. The summed E-state index contributed by atoms with van der Waals surface area (Å²) in [6.45, 7) is -1.19. The number of carbonyl (C=O) groups excluding carboxylic acids is 3. The van der Waals surface area contributed by atoms with Crippen LogP contribution in [0.5, 0.6) is 0 Å². The first-order valence-corrected chi connectivity index (χ1v) is 12.5. The van der Waals surface area contributed by atoms with E-state index in [-0.39, 0.29) is 42.0 Å². The van der Waals surface area contributed by atoms with Crippen LogP contribution in [0.3, 0.4) is 0 Å². The van der Waals surface area contributed by atoms with Crippen LogP contribution in [-0.4, -0.2) is 98.2 Å². The Morgan fingerprint density at radius 3 is 2.29 bits per heavy atom. The summed E-state index contributed by atoms with van der Waals surface area (Å²) >= 11 is 0. The predicted molar refractivity (Wildman–Crippen MR) is 132 cm³/mol. The van der Waals surface area contributed by atoms with Gasteiger partial charge in [-0.05, 0) is 36.2 Å². The topological polar surface area (TPSA) is 253 Å². The van der Waals surface area contributed by atoms with Gasteiger partial charge in [0, 0.05) is 48.4 Å². The number of rotatable bonds is 6. The molecule has 2 fully saturated rings. The maximum absolute atomic E-state index is 14.8. The number of hydrogen-bond donors (Lipinski definition) is 10. The molecule has 0 spiro atoms. The number of piperidine rings is 1. The van der Waals surface area contributed by atoms with E-state index in [0.717, 1.165) is 18.2 Å². The first kappa shape index (κ1) is 29.9. The highest BCUT2D eigenvalue weighted by Gasteiger charge is 2.74. The fourth-order valence-corrected chi connectivity index (χ4v) is 5.11. The van der Waals surface area contributed by atoms with Crippen molar-refractivity contribution in [1.29, 1.82) is 0 Å². The van der Waals surface area contributed by atoms with Gasteiger partial charge in [0.2, 0.25) is 11.8 Å². The number of ether oxygens (including phenoxy) is 1. The number of anilines is 1. The fourth-order valence-electron chi connectivity index (χ4n) is 5.11. The van der Waals surface area contributed by atoms with E-state index >= 15 is 0 Å². The van der Waals surface area contributed by atoms with Crippen molar-refractivity contribution in [2.45, 2.75) is 62.3 Å². The van der Waals surface area contributed by atoms with Gasteiger partial charge in [-0.2, -0.15) is 4.90 Å². The number of carbonyl (C=O) groups is 3. The molecule has 1 unspecified atom stereocenters. The Kier molecular flexibility index (Phi) is 7.10. The fraction of sp³-hybridized carbons (Fsp3) is 0.400. The average molecular weight is 595 g/mol. The molecule has 0 aliphatic carbocycles. The van der Waals surface area contributed by atoms with E-state index < -0.39 is 59.9 Å². The molecule has 0 aromatic heterocycles. The number of nitrogens with zero attached hydrogens (tertiary/aromatic N) is 2. The van der Waals surface area contributed by atoms with Gasteiger partial charge in [-0.1, -0.05) is 12.1 Å². The van der Waals surface area contributed by atoms with Crippen molar-refractivity contribution in [3.8, 4) is 0 Å². The van der Waals surface area contributed by atoms with Crippen LogP contribution < -0.4 is 10.6 Å². The third-order valence-corrected chi connectivity index (χ3v) is 7.41. The molecule has 42 heavy (non-hydrogen) atoms. The van der Waals surface area contributed by atoms with Crippen LogP contribution >= 0.6 is 0 Å². The first-order chi connectivity index (χ1) is 19.5. The molecule has 0 radical (unpaired) electrons. The molecule has 0 bridgehead atoms. The Balaban J connectivity index is 1.36. The molecule has 2 aromatic rings. The van der Waals surface area contributed by atoms with Crippen molar-refractivity contribution in [1.82, 2.24) is 15.1 Å². The van der Waals surface area contributed by atoms with Crippen molar-refractivity contribution in [3.63, 3.8) is 0 Å². The van der Waals surface area contributed by atoms with E-state index in [1.807, 2.05) is 0 Å². The smallest absolute Gasteiger partial charge is 0.356 e. The van der Waals surface area contributed by atoms with Crippen LogP contribution in [-0.2, 0) is 34.0 Å². The van der Waals surface area contributed by atoms with Gasteiger partial charge in [0.05, 0.1) is 0 Å². The first-order valence-electron chi connectivity index (χ1n) is 12.5. The summed E-state index contributed by atoms with van der Waals surface area (Å²) in [6, 6.07) is 7.08. The molecule has 0 saturated carbocycles. The van der Waals surface area contributed by atoms with Crippen molar-refractivity contribution < 1.29 is 64.4 Å². The number of morpholine rings is 1. The summed E-state index contributed by atoms with van der Waals surface area (Å²) in [7, 11) is 0. The van der Waals surface area contributed by atoms with Crippen molar-refractivity contribution in [3.05, 3.63) is 64.5 Å². The van der Waals surface area contributed by atoms with Crippen molar-refractivity contribution in [2.75, 3.05) is 5.32 Å². The summed E-state index contributed by atoms with van der Waals surface area (Å²) in [5.74, 6) is -18.4. The average Bonchev–Trinajstić information content (AvgIpc) is 3.22. The van der Waals surface area contributed by atoms with Gasteiger partial charge in [-0.3, -0.25) is 24.4 Å². The Labute approximate surface area is 235 Å². The molecule has 226 valence electrons. The number of amides is 3. The SMILES string of the molecule is O=C1CCC(N2Cc3c(NCc4cc(CN5C(O)(O)C(O)(O)OC(O)(O)C5(O)O)ccc4F)cccc3C2=O)C(=O)N1. The quantitative estimate of drug-likeness (QED) is 0.116. The highest BCUT2D eigenvalue weighted by molar-refractivity contribution is 6.06. The minimum atomic E-state index is -4.12. The lowest BCUT2D eigenvalue weighted by Crippen LogP contribution is -2.83. The minimum Gasteiger partial charge on any atom is -0.381 e. The number of hydrogen-bond acceptors (Lipinski definition) is 14. The summed E-state index contributed by atoms with van der Waals surface area (Å²) < 4.78 is 18.6. The highest BCUT2D eigenvalue weighted by atomic mass is 19.1. The van der Waals surface area contributed by atoms with Crippen LogP contribution in [0.1, 0.15) is 39.9 Å². The summed E-state index contributed by atoms with van der Waals surface area (Å²) in [5.41, 5.74) is 1.13. The number of benzene rings is 2. The lowest BCUT2D eigenvalue weighted by Gasteiger charge is -2.55. The molecule has 1 atom stereocenters. The Morgan fingerprint density at radius 1 is 0.976 bits per heavy atom. The second-order valence-corrected chi connectivity index (χ2v) is 10.2. The maximum atomic E-state index is 14.8. The number of halogens is 1. The zero-order chi connectivity index (χ0) is 30.8. The Morgan fingerprint density at radius 2 is 1.64 bits per heavy atom. The lowest BCUT2D eigenvalue weighted by molar-refractivity contribution is -0.659. The zero-order valence-electron chi connectivity index (χ0n) is 21.6. The van der Waals surface area contributed by atoms with Crippen LogP contribution in [0.2, 0.25) is 0 Å². The van der Waals surface area contributed by atoms with Crippen LogP contribution in [0, 0.1) is 5.82 Å². The van der Waals surface area contributed by atoms with E-state index in [1.165, 1.54) is 4.90 Å². The Hall–Kier alpha value is -3.62. The molecule has 2 aromatic carbocycles. The van der Waals surface area contributed by atoms with Crippen molar-refractivity contribution in [2.24, 2.45) is 0 Å². The molecule has 17 heteroatoms. The summed E-state index contributed by atoms with van der Waals surface area (Å²) in [6.07, 6.45) is 0.250. The molecule has 10 N–H and O–H groups in total. The van der Waals surface area contributed by atoms with Gasteiger partial charge in [0.1, 0.15) is 11.9 Å². The van der Waals surface area contributed by atoms with E-state index in [2.05, 4.69) is 15.4 Å². The van der Waals surface area contributed by atoms with Crippen LogP contribution in [0.15, 0.2) is 36.4 Å². The minimum absolute atomic E-state index is 0.0431. The predicted octanol–water partition coefficient (Wildman–Crippen LogP) is -3.42. The van der Waals surface area contributed by atoms with Gasteiger partial charge in [-0.25, -0.2) is 4.39 Å². The Bertz CT molecular complexity index is 1440. The van der Waals surface area contributed by atoms with Gasteiger partial charge in [0.15, 0.2) is 0 Å². The van der Waals surface area contributed by atoms with E-state index in [4.69, 9.17) is 0 Å². The van der Waals surface area contributed by atoms with E-state index in [0.29, 0.717) is 16.8 Å². The summed E-state index contributed by atoms with van der Waals surface area (Å²) in [4.78, 5) is 37.9. The maximum Gasteiger partial charge on any atom is 0.356 e. The monoisotopic (exact) mass is 594 g/mol. The number of imide groups is 1. The molecule has 3 aliphatic heterocycles. The number of fused-ring (bicyclic) bond motifs is 1. The molecular weight excluding hydrogens is 567 g/mol. The number of aliphatic hydroxyl groups is 8. The van der Waals surface area contributed by atoms with E-state index in [1.54, 1.807) is 18.2 Å². The molecule has 5 rings (SSSR count). The van der Waals surface area contributed by atoms with Crippen molar-refractivity contribution >= 4 is 23.4 Å². The molecule has 3 amide bonds. The van der Waals surface area contributed by atoms with Gasteiger partial charge in [0.25, 0.3) is 5.91 Å². The zero-order valence-corrected chi connectivity index (χ0v) is 21.6. The second-order valence-electron chi connectivity index (χ2n) is 10.2. The van der Waals surface area contributed by atoms with Gasteiger partial charge < -0.3 is 51.1 Å². The van der Waals surface area contributed by atoms with Gasteiger partial charge >= 0.3 is 23.8 Å². The lowest BCUT2D eigenvalue weighted by atomic mass is 10.0. The third kappa shape index (κ3) is 4.80. The van der Waals surface area contributed by atoms with Crippen LogP contribution in [0.25, 0.3) is 0 Å². The molecule has 16 nitrogen and oxygen atoms in total. The number of nitrogens with one attached hydrogen (secondary N) is 2. The normalized spacial score (nSPS) is 24.4. The van der Waals surface area contributed by atoms with E-state index in [9.17, 15) is 59.6 Å². The molecule has 2 saturated heterocycles.